The third-order valence-corrected chi connectivity index (χ3v) is 5.90. The van der Waals surface area contributed by atoms with Gasteiger partial charge < -0.3 is 0 Å². The van der Waals surface area contributed by atoms with E-state index in [1.165, 1.54) is 44.2 Å². The molecule has 4 aromatic carbocycles. The number of rotatable bonds is 1. The molecule has 0 amide bonds. The molecule has 0 saturated heterocycles. The van der Waals surface area contributed by atoms with E-state index in [0.717, 1.165) is 11.4 Å². The third kappa shape index (κ3) is 2.37. The molecule has 1 heteroatoms. The van der Waals surface area contributed by atoms with Crippen LogP contribution in [0.25, 0.3) is 10.8 Å². The SMILES string of the molecule is Cc1ccc(Cl)c(C2c3ccccc3Cc3ccc4ccccc4c32)c1. The number of halogens is 1. The lowest BCUT2D eigenvalue weighted by molar-refractivity contribution is 0.894. The summed E-state index contributed by atoms with van der Waals surface area (Å²) in [4.78, 5) is 0. The van der Waals surface area contributed by atoms with Crippen molar-refractivity contribution in [2.75, 3.05) is 0 Å². The fourth-order valence-electron chi connectivity index (χ4n) is 4.38. The first kappa shape index (κ1) is 15.7. The minimum Gasteiger partial charge on any atom is -0.0840 e. The monoisotopic (exact) mass is 354 g/mol. The van der Waals surface area contributed by atoms with Crippen molar-refractivity contribution < 1.29 is 0 Å². The summed E-state index contributed by atoms with van der Waals surface area (Å²) in [6, 6.07) is 28.4. The van der Waals surface area contributed by atoms with Crippen molar-refractivity contribution in [1.29, 1.82) is 0 Å². The lowest BCUT2D eigenvalue weighted by atomic mass is 9.73. The fraction of sp³-hybridized carbons (Fsp3) is 0.120. The summed E-state index contributed by atoms with van der Waals surface area (Å²) in [7, 11) is 0. The second-order valence-electron chi connectivity index (χ2n) is 7.19. The molecule has 0 bridgehead atoms. The van der Waals surface area contributed by atoms with E-state index in [0.29, 0.717) is 0 Å². The molecule has 0 radical (unpaired) electrons. The van der Waals surface area contributed by atoms with Crippen LogP contribution in [0.4, 0.5) is 0 Å². The average Bonchev–Trinajstić information content (AvgIpc) is 2.68. The van der Waals surface area contributed by atoms with Crippen LogP contribution in [0.15, 0.2) is 78.9 Å². The van der Waals surface area contributed by atoms with Gasteiger partial charge in [0.05, 0.1) is 0 Å². The van der Waals surface area contributed by atoms with Gasteiger partial charge in [0, 0.05) is 10.9 Å². The highest BCUT2D eigenvalue weighted by molar-refractivity contribution is 6.31. The molecule has 0 aliphatic heterocycles. The van der Waals surface area contributed by atoms with Gasteiger partial charge in [-0.05, 0) is 58.0 Å². The number of aryl methyl sites for hydroxylation is 1. The van der Waals surface area contributed by atoms with Crippen LogP contribution in [-0.4, -0.2) is 0 Å². The molecule has 0 N–H and O–H groups in total. The molecular formula is C25H19Cl. The van der Waals surface area contributed by atoms with Crippen molar-refractivity contribution in [3.63, 3.8) is 0 Å². The van der Waals surface area contributed by atoms with E-state index in [1.54, 1.807) is 0 Å². The van der Waals surface area contributed by atoms with Gasteiger partial charge >= 0.3 is 0 Å². The number of benzene rings is 4. The van der Waals surface area contributed by atoms with E-state index < -0.39 is 0 Å². The Bertz CT molecular complexity index is 1140. The van der Waals surface area contributed by atoms with Gasteiger partial charge in [-0.1, -0.05) is 90.0 Å². The van der Waals surface area contributed by atoms with Crippen LogP contribution < -0.4 is 0 Å². The zero-order chi connectivity index (χ0) is 17.7. The molecular weight excluding hydrogens is 336 g/mol. The highest BCUT2D eigenvalue weighted by atomic mass is 35.5. The van der Waals surface area contributed by atoms with Crippen molar-refractivity contribution in [3.8, 4) is 0 Å². The first-order valence-corrected chi connectivity index (χ1v) is 9.44. The van der Waals surface area contributed by atoms with Crippen LogP contribution in [0.2, 0.25) is 5.02 Å². The van der Waals surface area contributed by atoms with Gasteiger partial charge in [0.1, 0.15) is 0 Å². The summed E-state index contributed by atoms with van der Waals surface area (Å²) in [5.41, 5.74) is 8.05. The van der Waals surface area contributed by atoms with E-state index in [-0.39, 0.29) is 5.92 Å². The standard InChI is InChI=1S/C25H19Cl/c1-16-10-13-23(26)22(14-16)25-21-9-5-3-7-18(21)15-19-12-11-17-6-2-4-8-20(17)24(19)25/h2-14,25H,15H2,1H3. The van der Waals surface area contributed by atoms with Crippen LogP contribution >= 0.6 is 11.6 Å². The predicted molar refractivity (Wildman–Crippen MR) is 110 cm³/mol. The van der Waals surface area contributed by atoms with Crippen molar-refractivity contribution in [1.82, 2.24) is 0 Å². The largest absolute Gasteiger partial charge is 0.0840 e. The number of hydrogen-bond acceptors (Lipinski definition) is 0. The molecule has 1 unspecified atom stereocenters. The summed E-state index contributed by atoms with van der Waals surface area (Å²) < 4.78 is 0. The topological polar surface area (TPSA) is 0 Å². The van der Waals surface area contributed by atoms with E-state index in [9.17, 15) is 0 Å². The Morgan fingerprint density at radius 2 is 1.58 bits per heavy atom. The van der Waals surface area contributed by atoms with E-state index in [4.69, 9.17) is 11.6 Å². The predicted octanol–water partition coefficient (Wildman–Crippen LogP) is 6.89. The maximum Gasteiger partial charge on any atom is 0.0447 e. The fourth-order valence-corrected chi connectivity index (χ4v) is 4.61. The maximum atomic E-state index is 6.71. The van der Waals surface area contributed by atoms with Gasteiger partial charge in [0.15, 0.2) is 0 Å². The van der Waals surface area contributed by atoms with Gasteiger partial charge in [-0.25, -0.2) is 0 Å². The maximum absolute atomic E-state index is 6.71. The van der Waals surface area contributed by atoms with Crippen molar-refractivity contribution in [3.05, 3.63) is 117 Å². The van der Waals surface area contributed by atoms with Crippen LogP contribution in [0.5, 0.6) is 0 Å². The molecule has 0 spiro atoms. The molecule has 0 heterocycles. The van der Waals surface area contributed by atoms with Gasteiger partial charge in [-0.2, -0.15) is 0 Å². The van der Waals surface area contributed by atoms with E-state index in [2.05, 4.69) is 79.7 Å². The van der Waals surface area contributed by atoms with Crippen LogP contribution in [0, 0.1) is 6.92 Å². The second-order valence-corrected chi connectivity index (χ2v) is 7.60. The van der Waals surface area contributed by atoms with Crippen molar-refractivity contribution in [2.24, 2.45) is 0 Å². The quantitative estimate of drug-likeness (QED) is 0.307. The molecule has 0 fully saturated rings. The molecule has 1 aliphatic carbocycles. The van der Waals surface area contributed by atoms with E-state index in [1.807, 2.05) is 6.07 Å². The Hall–Kier alpha value is -2.57. The second kappa shape index (κ2) is 6.00. The lowest BCUT2D eigenvalue weighted by Crippen LogP contribution is -2.16. The van der Waals surface area contributed by atoms with Crippen LogP contribution in [0.1, 0.15) is 39.3 Å². The summed E-state index contributed by atoms with van der Waals surface area (Å²) in [6.45, 7) is 2.14. The summed E-state index contributed by atoms with van der Waals surface area (Å²) in [5, 5.41) is 3.47. The Morgan fingerprint density at radius 1 is 0.769 bits per heavy atom. The average molecular weight is 355 g/mol. The zero-order valence-electron chi connectivity index (χ0n) is 14.7. The van der Waals surface area contributed by atoms with Gasteiger partial charge in [0.2, 0.25) is 0 Å². The lowest BCUT2D eigenvalue weighted by Gasteiger charge is -2.31. The van der Waals surface area contributed by atoms with Crippen molar-refractivity contribution in [2.45, 2.75) is 19.3 Å². The summed E-state index contributed by atoms with van der Waals surface area (Å²) in [5.74, 6) is 0.174. The van der Waals surface area contributed by atoms with Gasteiger partial charge in [-0.3, -0.25) is 0 Å². The van der Waals surface area contributed by atoms with Gasteiger partial charge in [-0.15, -0.1) is 0 Å². The van der Waals surface area contributed by atoms with Crippen LogP contribution in [0.3, 0.4) is 0 Å². The third-order valence-electron chi connectivity index (χ3n) is 5.56. The Morgan fingerprint density at radius 3 is 2.50 bits per heavy atom. The van der Waals surface area contributed by atoms with Gasteiger partial charge in [0.25, 0.3) is 0 Å². The molecule has 0 aromatic heterocycles. The highest BCUT2D eigenvalue weighted by Crippen LogP contribution is 2.45. The molecule has 5 rings (SSSR count). The first-order valence-electron chi connectivity index (χ1n) is 9.07. The zero-order valence-corrected chi connectivity index (χ0v) is 15.4. The molecule has 0 saturated carbocycles. The normalized spacial score (nSPS) is 15.5. The molecule has 26 heavy (non-hydrogen) atoms. The van der Waals surface area contributed by atoms with E-state index >= 15 is 0 Å². The molecule has 4 aromatic rings. The number of hydrogen-bond donors (Lipinski definition) is 0. The van der Waals surface area contributed by atoms with Crippen molar-refractivity contribution >= 4 is 22.4 Å². The smallest absolute Gasteiger partial charge is 0.0447 e. The minimum absolute atomic E-state index is 0.174. The Kier molecular flexibility index (Phi) is 3.62. The Labute approximate surface area is 159 Å². The first-order chi connectivity index (χ1) is 12.7. The molecule has 1 aliphatic rings. The number of fused-ring (bicyclic) bond motifs is 4. The minimum atomic E-state index is 0.174. The molecule has 1 atom stereocenters. The Balaban J connectivity index is 1.89. The summed E-state index contributed by atoms with van der Waals surface area (Å²) in [6.07, 6.45) is 0.982. The van der Waals surface area contributed by atoms with Crippen LogP contribution in [-0.2, 0) is 6.42 Å². The molecule has 126 valence electrons. The molecule has 0 nitrogen and oxygen atoms in total. The summed E-state index contributed by atoms with van der Waals surface area (Å²) >= 11 is 6.71. The highest BCUT2D eigenvalue weighted by Gasteiger charge is 2.29.